The maximum absolute atomic E-state index is 13.2. The molecule has 5 N–H and O–H groups in total. The lowest BCUT2D eigenvalue weighted by Crippen LogP contribution is -2.51. The molecule has 1 aliphatic carbocycles. The van der Waals surface area contributed by atoms with Crippen molar-refractivity contribution in [2.45, 2.75) is 63.9 Å². The molecule has 3 atom stereocenters. The van der Waals surface area contributed by atoms with Crippen molar-refractivity contribution in [3.8, 4) is 10.4 Å². The molecule has 5 rings (SSSR count). The molecule has 190 valence electrons. The molecule has 2 aromatic carbocycles. The van der Waals surface area contributed by atoms with E-state index in [1.54, 1.807) is 11.3 Å². The van der Waals surface area contributed by atoms with Crippen LogP contribution < -0.4 is 21.3 Å². The third-order valence-corrected chi connectivity index (χ3v) is 8.42. The Kier molecular flexibility index (Phi) is 7.72. The molecule has 6 nitrogen and oxygen atoms in total. The van der Waals surface area contributed by atoms with Gasteiger partial charge in [-0.15, -0.1) is 11.3 Å². The van der Waals surface area contributed by atoms with Gasteiger partial charge in [-0.05, 0) is 80.1 Å². The molecule has 0 bridgehead atoms. The lowest BCUT2D eigenvalue weighted by atomic mass is 10.0. The largest absolute Gasteiger partial charge is 0.393 e. The summed E-state index contributed by atoms with van der Waals surface area (Å²) in [6, 6.07) is 19.5. The summed E-state index contributed by atoms with van der Waals surface area (Å²) in [5.74, 6) is -0.0534. The Hall–Kier alpha value is -2.71. The summed E-state index contributed by atoms with van der Waals surface area (Å²) < 4.78 is 0. The Morgan fingerprint density at radius 2 is 1.97 bits per heavy atom. The molecule has 2 heterocycles. The number of benzene rings is 2. The van der Waals surface area contributed by atoms with Crippen LogP contribution in [0.1, 0.15) is 58.6 Å². The second-order valence-corrected chi connectivity index (χ2v) is 11.3. The van der Waals surface area contributed by atoms with Gasteiger partial charge < -0.3 is 26.4 Å². The minimum absolute atomic E-state index is 0.0534. The van der Waals surface area contributed by atoms with Gasteiger partial charge in [0.1, 0.15) is 0 Å². The topological polar surface area (TPSA) is 85.4 Å². The van der Waals surface area contributed by atoms with E-state index in [0.29, 0.717) is 17.6 Å². The van der Waals surface area contributed by atoms with Crippen molar-refractivity contribution in [3.63, 3.8) is 0 Å². The van der Waals surface area contributed by atoms with Crippen LogP contribution in [0.2, 0.25) is 0 Å². The van der Waals surface area contributed by atoms with Gasteiger partial charge in [-0.1, -0.05) is 24.3 Å². The lowest BCUT2D eigenvalue weighted by molar-refractivity contribution is 0.0939. The van der Waals surface area contributed by atoms with Crippen LogP contribution in [0.4, 0.5) is 5.69 Å². The number of anilines is 1. The summed E-state index contributed by atoms with van der Waals surface area (Å²) in [4.78, 5) is 15.7. The highest BCUT2D eigenvalue weighted by Gasteiger charge is 2.22. The minimum Gasteiger partial charge on any atom is -0.393 e. The van der Waals surface area contributed by atoms with E-state index in [2.05, 4.69) is 57.7 Å². The fraction of sp³-hybridized carbons (Fsp3) is 0.414. The Balaban J connectivity index is 1.22. The zero-order chi connectivity index (χ0) is 25.1. The maximum Gasteiger partial charge on any atom is 0.252 e. The summed E-state index contributed by atoms with van der Waals surface area (Å²) >= 11 is 1.79. The quantitative estimate of drug-likeness (QED) is 0.294. The number of hydrogen-bond donors (Lipinski definition) is 5. The zero-order valence-corrected chi connectivity index (χ0v) is 21.8. The highest BCUT2D eigenvalue weighted by atomic mass is 32.1. The standard InChI is InChI=1S/C29H36N4O2S/c1-18-6-7-23(33-24-15-30-16-24)14-27(18)29(35)32-19(2)20-4-3-5-21(12-20)28-11-10-26(36-28)17-31-22-8-9-25(34)13-22/h3-7,10-12,14,19,22,24-25,30-31,33-34H,8-9,13,15-17H2,1-2H3,(H,32,35)/t19-,22-,25-/m1/s1. The van der Waals surface area contributed by atoms with Crippen molar-refractivity contribution in [2.75, 3.05) is 18.4 Å². The Morgan fingerprint density at radius 3 is 2.72 bits per heavy atom. The number of nitrogens with one attached hydrogen (secondary N) is 4. The fourth-order valence-electron chi connectivity index (χ4n) is 4.92. The monoisotopic (exact) mass is 504 g/mol. The maximum atomic E-state index is 13.2. The first-order valence-electron chi connectivity index (χ1n) is 12.9. The van der Waals surface area contributed by atoms with Crippen LogP contribution in [0.25, 0.3) is 10.4 Å². The first-order valence-corrected chi connectivity index (χ1v) is 13.8. The van der Waals surface area contributed by atoms with Gasteiger partial charge in [0, 0.05) is 46.7 Å². The van der Waals surface area contributed by atoms with Gasteiger partial charge in [-0.25, -0.2) is 0 Å². The predicted octanol–water partition coefficient (Wildman–Crippen LogP) is 4.60. The fourth-order valence-corrected chi connectivity index (χ4v) is 5.87. The van der Waals surface area contributed by atoms with E-state index in [0.717, 1.165) is 61.3 Å². The van der Waals surface area contributed by atoms with Gasteiger partial charge >= 0.3 is 0 Å². The number of amides is 1. The van der Waals surface area contributed by atoms with Gasteiger partial charge in [0.15, 0.2) is 0 Å². The number of rotatable bonds is 9. The van der Waals surface area contributed by atoms with Gasteiger partial charge in [-0.2, -0.15) is 0 Å². The first kappa shape index (κ1) is 25.0. The van der Waals surface area contributed by atoms with E-state index < -0.39 is 0 Å². The highest BCUT2D eigenvalue weighted by Crippen LogP contribution is 2.30. The van der Waals surface area contributed by atoms with Crippen LogP contribution in [0.15, 0.2) is 54.6 Å². The number of thiophene rings is 1. The molecule has 0 unspecified atom stereocenters. The summed E-state index contributed by atoms with van der Waals surface area (Å²) in [5.41, 5.74) is 4.91. The summed E-state index contributed by atoms with van der Waals surface area (Å²) in [5, 5.41) is 23.3. The second-order valence-electron chi connectivity index (χ2n) is 10.2. The normalized spacial score (nSPS) is 20.6. The molecule has 1 saturated carbocycles. The van der Waals surface area contributed by atoms with Crippen molar-refractivity contribution >= 4 is 22.9 Å². The smallest absolute Gasteiger partial charge is 0.252 e. The molecular weight excluding hydrogens is 468 g/mol. The van der Waals surface area contributed by atoms with E-state index in [1.165, 1.54) is 9.75 Å². The minimum atomic E-state index is -0.152. The molecule has 0 radical (unpaired) electrons. The Bertz CT molecular complexity index is 1210. The third-order valence-electron chi connectivity index (χ3n) is 7.28. The third kappa shape index (κ3) is 5.98. The molecular formula is C29H36N4O2S. The van der Waals surface area contributed by atoms with Gasteiger partial charge in [0.25, 0.3) is 5.91 Å². The molecule has 0 spiro atoms. The van der Waals surface area contributed by atoms with E-state index in [1.807, 2.05) is 32.0 Å². The van der Waals surface area contributed by atoms with Gasteiger partial charge in [0.05, 0.1) is 18.2 Å². The van der Waals surface area contributed by atoms with Crippen molar-refractivity contribution in [1.82, 2.24) is 16.0 Å². The molecule has 1 amide bonds. The number of aryl methyl sites for hydroxylation is 1. The average Bonchev–Trinajstić information content (AvgIpc) is 3.50. The van der Waals surface area contributed by atoms with Crippen molar-refractivity contribution in [3.05, 3.63) is 76.2 Å². The summed E-state index contributed by atoms with van der Waals surface area (Å²) in [6.07, 6.45) is 2.64. The number of carbonyl (C=O) groups excluding carboxylic acids is 1. The zero-order valence-electron chi connectivity index (χ0n) is 21.0. The van der Waals surface area contributed by atoms with Crippen LogP contribution in [-0.2, 0) is 6.54 Å². The number of aliphatic hydroxyl groups is 1. The summed E-state index contributed by atoms with van der Waals surface area (Å²) in [7, 11) is 0. The Labute approximate surface area is 217 Å². The molecule has 3 aromatic rings. The second kappa shape index (κ2) is 11.1. The molecule has 2 fully saturated rings. The number of hydrogen-bond acceptors (Lipinski definition) is 6. The van der Waals surface area contributed by atoms with Crippen LogP contribution in [-0.4, -0.2) is 42.3 Å². The van der Waals surface area contributed by atoms with E-state index in [9.17, 15) is 9.90 Å². The predicted molar refractivity (Wildman–Crippen MR) is 148 cm³/mol. The van der Waals surface area contributed by atoms with Crippen LogP contribution >= 0.6 is 11.3 Å². The van der Waals surface area contributed by atoms with Gasteiger partial charge in [0.2, 0.25) is 0 Å². The number of carbonyl (C=O) groups is 1. The average molecular weight is 505 g/mol. The molecule has 7 heteroatoms. The van der Waals surface area contributed by atoms with Crippen molar-refractivity contribution in [2.24, 2.45) is 0 Å². The SMILES string of the molecule is Cc1ccc(NC2CNC2)cc1C(=O)N[C@H](C)c1cccc(-c2ccc(CN[C@@H]3CC[C@@H](O)C3)s2)c1. The Morgan fingerprint density at radius 1 is 1.11 bits per heavy atom. The lowest BCUT2D eigenvalue weighted by Gasteiger charge is -2.29. The molecule has 2 aliphatic rings. The molecule has 1 aromatic heterocycles. The van der Waals surface area contributed by atoms with Crippen molar-refractivity contribution in [1.29, 1.82) is 0 Å². The first-order chi connectivity index (χ1) is 17.4. The summed E-state index contributed by atoms with van der Waals surface area (Å²) in [6.45, 7) is 6.76. The molecule has 36 heavy (non-hydrogen) atoms. The number of aliphatic hydroxyl groups excluding tert-OH is 1. The molecule has 1 aliphatic heterocycles. The van der Waals surface area contributed by atoms with Crippen molar-refractivity contribution < 1.29 is 9.90 Å². The van der Waals surface area contributed by atoms with E-state index >= 15 is 0 Å². The highest BCUT2D eigenvalue weighted by molar-refractivity contribution is 7.15. The van der Waals surface area contributed by atoms with E-state index in [-0.39, 0.29) is 18.1 Å². The van der Waals surface area contributed by atoms with Crippen LogP contribution in [0.3, 0.4) is 0 Å². The van der Waals surface area contributed by atoms with Crippen LogP contribution in [0, 0.1) is 6.92 Å². The molecule has 1 saturated heterocycles. The van der Waals surface area contributed by atoms with Gasteiger partial charge in [-0.3, -0.25) is 4.79 Å². The van der Waals surface area contributed by atoms with Crippen LogP contribution in [0.5, 0.6) is 0 Å². The van der Waals surface area contributed by atoms with E-state index in [4.69, 9.17) is 0 Å².